The number of nitrogens with zero attached hydrogens (tertiary/aromatic N) is 2. The number of nitro benzene ring substituents is 1. The number of halogens is 2. The Morgan fingerprint density at radius 3 is 2.42 bits per heavy atom. The number of nitriles is 1. The van der Waals surface area contributed by atoms with Crippen LogP contribution in [-0.4, -0.2) is 24.1 Å². The molecular formula is C11H11Br2N3O3. The number of rotatable bonds is 5. The van der Waals surface area contributed by atoms with Crippen LogP contribution in [0.3, 0.4) is 0 Å². The number of nitrogens with one attached hydrogen (secondary N) is 1. The summed E-state index contributed by atoms with van der Waals surface area (Å²) in [5.41, 5.74) is -0.886. The van der Waals surface area contributed by atoms with Crippen LogP contribution in [0.1, 0.15) is 6.92 Å². The van der Waals surface area contributed by atoms with Crippen LogP contribution in [0.25, 0.3) is 0 Å². The minimum atomic E-state index is -0.833. The highest BCUT2D eigenvalue weighted by Crippen LogP contribution is 2.37. The third kappa shape index (κ3) is 3.89. The molecule has 0 heterocycles. The van der Waals surface area contributed by atoms with Gasteiger partial charge in [0.1, 0.15) is 17.9 Å². The highest BCUT2D eigenvalue weighted by atomic mass is 79.9. The Morgan fingerprint density at radius 2 is 2.05 bits per heavy atom. The van der Waals surface area contributed by atoms with Crippen molar-refractivity contribution >= 4 is 37.5 Å². The van der Waals surface area contributed by atoms with Crippen molar-refractivity contribution in [2.24, 2.45) is 0 Å². The molecular weight excluding hydrogens is 382 g/mol. The molecule has 102 valence electrons. The number of non-ortho nitro benzene ring substituents is 1. The van der Waals surface area contributed by atoms with Gasteiger partial charge >= 0.3 is 0 Å². The van der Waals surface area contributed by atoms with E-state index >= 15 is 0 Å². The Bertz CT molecular complexity index is 521. The van der Waals surface area contributed by atoms with E-state index in [9.17, 15) is 10.1 Å². The van der Waals surface area contributed by atoms with Gasteiger partial charge in [-0.2, -0.15) is 5.26 Å². The molecule has 1 rings (SSSR count). The van der Waals surface area contributed by atoms with E-state index in [-0.39, 0.29) is 12.3 Å². The SMILES string of the molecule is CNC(C)(C#N)COc1c(Br)cc([N+](=O)[O-])cc1Br. The molecule has 1 aromatic rings. The second kappa shape index (κ2) is 6.32. The maximum atomic E-state index is 10.7. The second-order valence-electron chi connectivity index (χ2n) is 3.98. The molecule has 0 saturated heterocycles. The lowest BCUT2D eigenvalue weighted by Crippen LogP contribution is -2.43. The molecule has 0 amide bonds. The number of nitro groups is 1. The first kappa shape index (κ1) is 15.9. The molecule has 0 spiro atoms. The first-order chi connectivity index (χ1) is 8.83. The van der Waals surface area contributed by atoms with E-state index in [0.29, 0.717) is 14.7 Å². The fraction of sp³-hybridized carbons (Fsp3) is 0.364. The lowest BCUT2D eigenvalue weighted by molar-refractivity contribution is -0.385. The Balaban J connectivity index is 2.98. The van der Waals surface area contributed by atoms with Gasteiger partial charge in [0.2, 0.25) is 0 Å². The Labute approximate surface area is 127 Å². The number of ether oxygens (including phenoxy) is 1. The Morgan fingerprint density at radius 1 is 1.53 bits per heavy atom. The maximum absolute atomic E-state index is 10.7. The van der Waals surface area contributed by atoms with Crippen molar-refractivity contribution < 1.29 is 9.66 Å². The Kier molecular flexibility index (Phi) is 5.29. The Hall–Kier alpha value is -1.17. The number of likely N-dealkylation sites (N-methyl/N-ethyl adjacent to an activating group) is 1. The van der Waals surface area contributed by atoms with Crippen molar-refractivity contribution in [1.82, 2.24) is 5.32 Å². The van der Waals surface area contributed by atoms with Crippen LogP contribution in [0.2, 0.25) is 0 Å². The molecule has 19 heavy (non-hydrogen) atoms. The molecule has 1 N–H and O–H groups in total. The topological polar surface area (TPSA) is 88.2 Å². The third-order valence-corrected chi connectivity index (χ3v) is 3.68. The third-order valence-electron chi connectivity index (χ3n) is 2.50. The summed E-state index contributed by atoms with van der Waals surface area (Å²) < 4.78 is 6.45. The smallest absolute Gasteiger partial charge is 0.271 e. The summed E-state index contributed by atoms with van der Waals surface area (Å²) in [7, 11) is 1.66. The summed E-state index contributed by atoms with van der Waals surface area (Å²) in [4.78, 5) is 10.2. The number of hydrogen-bond donors (Lipinski definition) is 1. The van der Waals surface area contributed by atoms with Gasteiger partial charge < -0.3 is 4.74 Å². The maximum Gasteiger partial charge on any atom is 0.271 e. The zero-order valence-electron chi connectivity index (χ0n) is 10.2. The van der Waals surface area contributed by atoms with Gasteiger partial charge in [0.05, 0.1) is 19.9 Å². The van der Waals surface area contributed by atoms with Gasteiger partial charge in [-0.25, -0.2) is 0 Å². The molecule has 8 heteroatoms. The van der Waals surface area contributed by atoms with Gasteiger partial charge in [0, 0.05) is 12.1 Å². The van der Waals surface area contributed by atoms with Crippen LogP contribution in [-0.2, 0) is 0 Å². The van der Waals surface area contributed by atoms with Crippen molar-refractivity contribution in [2.45, 2.75) is 12.5 Å². The lowest BCUT2D eigenvalue weighted by Gasteiger charge is -2.21. The summed E-state index contributed by atoms with van der Waals surface area (Å²) in [6.07, 6.45) is 0. The van der Waals surface area contributed by atoms with E-state index in [1.165, 1.54) is 12.1 Å². The second-order valence-corrected chi connectivity index (χ2v) is 5.69. The molecule has 0 aliphatic rings. The van der Waals surface area contributed by atoms with E-state index in [4.69, 9.17) is 10.00 Å². The minimum Gasteiger partial charge on any atom is -0.488 e. The molecule has 0 aliphatic heterocycles. The van der Waals surface area contributed by atoms with Crippen molar-refractivity contribution in [3.8, 4) is 11.8 Å². The van der Waals surface area contributed by atoms with E-state index in [1.54, 1.807) is 14.0 Å². The predicted octanol–water partition coefficient (Wildman–Crippen LogP) is 3.00. The van der Waals surface area contributed by atoms with Crippen LogP contribution >= 0.6 is 31.9 Å². The average Bonchev–Trinajstić information content (AvgIpc) is 2.37. The highest BCUT2D eigenvalue weighted by Gasteiger charge is 2.24. The predicted molar refractivity (Wildman–Crippen MR) is 77.1 cm³/mol. The average molecular weight is 393 g/mol. The van der Waals surface area contributed by atoms with Crippen molar-refractivity contribution in [3.05, 3.63) is 31.2 Å². The van der Waals surface area contributed by atoms with Gasteiger partial charge in [-0.3, -0.25) is 15.4 Å². The molecule has 0 aliphatic carbocycles. The molecule has 0 fully saturated rings. The van der Waals surface area contributed by atoms with Crippen LogP contribution in [0, 0.1) is 21.4 Å². The largest absolute Gasteiger partial charge is 0.488 e. The quantitative estimate of drug-likeness (QED) is 0.614. The molecule has 0 aromatic heterocycles. The van der Waals surface area contributed by atoms with E-state index in [0.717, 1.165) is 0 Å². The molecule has 1 unspecified atom stereocenters. The molecule has 1 atom stereocenters. The number of hydrogen-bond acceptors (Lipinski definition) is 5. The summed E-state index contributed by atoms with van der Waals surface area (Å²) in [6.45, 7) is 1.80. The first-order valence-electron chi connectivity index (χ1n) is 5.19. The molecule has 6 nitrogen and oxygen atoms in total. The van der Waals surface area contributed by atoms with Crippen molar-refractivity contribution in [2.75, 3.05) is 13.7 Å². The zero-order valence-corrected chi connectivity index (χ0v) is 13.4. The number of benzene rings is 1. The molecule has 0 radical (unpaired) electrons. The van der Waals surface area contributed by atoms with E-state index in [2.05, 4.69) is 43.2 Å². The van der Waals surface area contributed by atoms with Crippen LogP contribution in [0.5, 0.6) is 5.75 Å². The fourth-order valence-corrected chi connectivity index (χ4v) is 2.56. The summed E-state index contributed by atoms with van der Waals surface area (Å²) in [6, 6.07) is 4.79. The monoisotopic (exact) mass is 391 g/mol. The van der Waals surface area contributed by atoms with E-state index in [1.807, 2.05) is 0 Å². The summed E-state index contributed by atoms with van der Waals surface area (Å²) >= 11 is 6.43. The minimum absolute atomic E-state index is 0.0530. The normalized spacial score (nSPS) is 13.4. The van der Waals surface area contributed by atoms with Crippen molar-refractivity contribution in [1.29, 1.82) is 5.26 Å². The fourth-order valence-electron chi connectivity index (χ4n) is 1.17. The van der Waals surface area contributed by atoms with Gasteiger partial charge in [-0.05, 0) is 45.8 Å². The first-order valence-corrected chi connectivity index (χ1v) is 6.78. The molecule has 0 saturated carbocycles. The molecule has 0 bridgehead atoms. The van der Waals surface area contributed by atoms with Gasteiger partial charge in [-0.15, -0.1) is 0 Å². The highest BCUT2D eigenvalue weighted by molar-refractivity contribution is 9.11. The van der Waals surface area contributed by atoms with Crippen LogP contribution < -0.4 is 10.1 Å². The zero-order chi connectivity index (χ0) is 14.6. The van der Waals surface area contributed by atoms with Gasteiger partial charge in [0.25, 0.3) is 5.69 Å². The summed E-state index contributed by atoms with van der Waals surface area (Å²) in [5, 5.41) is 22.6. The van der Waals surface area contributed by atoms with E-state index < -0.39 is 10.5 Å². The van der Waals surface area contributed by atoms with Crippen LogP contribution in [0.15, 0.2) is 21.1 Å². The van der Waals surface area contributed by atoms with Gasteiger partial charge in [0.15, 0.2) is 0 Å². The summed E-state index contributed by atoms with van der Waals surface area (Å²) in [5.74, 6) is 0.419. The van der Waals surface area contributed by atoms with Crippen molar-refractivity contribution in [3.63, 3.8) is 0 Å². The van der Waals surface area contributed by atoms with Crippen LogP contribution in [0.4, 0.5) is 5.69 Å². The molecule has 1 aromatic carbocycles. The van der Waals surface area contributed by atoms with Gasteiger partial charge in [-0.1, -0.05) is 0 Å². The standard InChI is InChI=1S/C11H11Br2N3O3/c1-11(5-14,15-2)6-19-10-8(12)3-7(16(17)18)4-9(10)13/h3-4,15H,6H2,1-2H3. The lowest BCUT2D eigenvalue weighted by atomic mass is 10.1.